The van der Waals surface area contributed by atoms with Crippen LogP contribution in [-0.4, -0.2) is 22.7 Å². The molecule has 108 valence electrons. The number of nitrogens with zero attached hydrogens (tertiary/aromatic N) is 2. The van der Waals surface area contributed by atoms with Gasteiger partial charge in [-0.15, -0.1) is 0 Å². The molecule has 1 heterocycles. The second kappa shape index (κ2) is 7.20. The molecule has 1 aromatic carbocycles. The Morgan fingerprint density at radius 1 is 1.25 bits per heavy atom. The number of aryl methyl sites for hydroxylation is 1. The molecule has 4 nitrogen and oxygen atoms in total. The number of aromatic nitrogens is 2. The van der Waals surface area contributed by atoms with E-state index in [1.807, 2.05) is 0 Å². The van der Waals surface area contributed by atoms with Crippen molar-refractivity contribution in [3.8, 4) is 0 Å². The van der Waals surface area contributed by atoms with Crippen LogP contribution in [0.5, 0.6) is 0 Å². The molecule has 4 heteroatoms. The maximum atomic E-state index is 5.31. The molecule has 1 atom stereocenters. The number of hydrogen-bond acceptors (Lipinski definition) is 4. The van der Waals surface area contributed by atoms with Gasteiger partial charge in [0.05, 0.1) is 0 Å². The maximum absolute atomic E-state index is 5.31. The van der Waals surface area contributed by atoms with Gasteiger partial charge in [-0.2, -0.15) is 4.98 Å². The van der Waals surface area contributed by atoms with Crippen LogP contribution in [0.25, 0.3) is 0 Å². The molecule has 0 saturated heterocycles. The fourth-order valence-electron chi connectivity index (χ4n) is 2.06. The van der Waals surface area contributed by atoms with E-state index in [1.54, 1.807) is 0 Å². The van der Waals surface area contributed by atoms with Gasteiger partial charge in [-0.1, -0.05) is 41.9 Å². The molecule has 2 aromatic rings. The standard InChI is InChI=1S/C16H23N3O/c1-4-9-17-13(3)10-16-18-15(19-20-16)11-14-7-5-12(2)6-8-14/h5-8,13,17H,4,9-11H2,1-3H3. The van der Waals surface area contributed by atoms with Crippen LogP contribution in [0.3, 0.4) is 0 Å². The third-order valence-corrected chi connectivity index (χ3v) is 3.22. The third-order valence-electron chi connectivity index (χ3n) is 3.22. The van der Waals surface area contributed by atoms with Gasteiger partial charge in [-0.05, 0) is 32.4 Å². The molecule has 0 aliphatic rings. The predicted molar refractivity (Wildman–Crippen MR) is 79.7 cm³/mol. The first-order valence-corrected chi connectivity index (χ1v) is 7.27. The molecule has 0 fully saturated rings. The van der Waals surface area contributed by atoms with Crippen molar-refractivity contribution in [2.45, 2.75) is 46.1 Å². The summed E-state index contributed by atoms with van der Waals surface area (Å²) in [6.07, 6.45) is 2.63. The molecule has 0 aliphatic heterocycles. The zero-order valence-electron chi connectivity index (χ0n) is 12.5. The van der Waals surface area contributed by atoms with E-state index in [-0.39, 0.29) is 0 Å². The average molecular weight is 273 g/mol. The Morgan fingerprint density at radius 3 is 2.70 bits per heavy atom. The lowest BCUT2D eigenvalue weighted by atomic mass is 10.1. The van der Waals surface area contributed by atoms with Crippen LogP contribution in [0.15, 0.2) is 28.8 Å². The van der Waals surface area contributed by atoms with E-state index in [4.69, 9.17) is 4.52 Å². The van der Waals surface area contributed by atoms with Crippen molar-refractivity contribution in [1.29, 1.82) is 0 Å². The molecular formula is C16H23N3O. The molecule has 0 radical (unpaired) electrons. The van der Waals surface area contributed by atoms with Crippen molar-refractivity contribution in [1.82, 2.24) is 15.5 Å². The molecule has 0 aliphatic carbocycles. The van der Waals surface area contributed by atoms with Gasteiger partial charge in [0.2, 0.25) is 5.89 Å². The normalized spacial score (nSPS) is 12.6. The lowest BCUT2D eigenvalue weighted by Crippen LogP contribution is -2.28. The van der Waals surface area contributed by atoms with Crippen molar-refractivity contribution < 1.29 is 4.52 Å². The Balaban J connectivity index is 1.90. The van der Waals surface area contributed by atoms with Gasteiger partial charge in [0.1, 0.15) is 0 Å². The number of rotatable bonds is 7. The Morgan fingerprint density at radius 2 is 2.00 bits per heavy atom. The van der Waals surface area contributed by atoms with Crippen molar-refractivity contribution >= 4 is 0 Å². The minimum Gasteiger partial charge on any atom is -0.339 e. The largest absolute Gasteiger partial charge is 0.339 e. The third kappa shape index (κ3) is 4.46. The molecule has 0 saturated carbocycles. The van der Waals surface area contributed by atoms with E-state index in [0.29, 0.717) is 11.9 Å². The Kier molecular flexibility index (Phi) is 5.30. The quantitative estimate of drug-likeness (QED) is 0.842. The summed E-state index contributed by atoms with van der Waals surface area (Å²) in [5.74, 6) is 1.47. The highest BCUT2D eigenvalue weighted by Crippen LogP contribution is 2.09. The first kappa shape index (κ1) is 14.7. The van der Waals surface area contributed by atoms with Gasteiger partial charge >= 0.3 is 0 Å². The number of hydrogen-bond donors (Lipinski definition) is 1. The van der Waals surface area contributed by atoms with E-state index in [1.165, 1.54) is 11.1 Å². The van der Waals surface area contributed by atoms with Crippen molar-refractivity contribution in [3.05, 3.63) is 47.1 Å². The highest BCUT2D eigenvalue weighted by atomic mass is 16.5. The first-order chi connectivity index (χ1) is 9.67. The number of benzene rings is 1. The predicted octanol–water partition coefficient (Wildman–Crippen LogP) is 2.90. The van der Waals surface area contributed by atoms with Gasteiger partial charge < -0.3 is 9.84 Å². The van der Waals surface area contributed by atoms with Gasteiger partial charge in [0.15, 0.2) is 5.82 Å². The van der Waals surface area contributed by atoms with E-state index in [2.05, 4.69) is 60.5 Å². The summed E-state index contributed by atoms with van der Waals surface area (Å²) in [4.78, 5) is 4.46. The molecule has 1 N–H and O–H groups in total. The molecular weight excluding hydrogens is 250 g/mol. The summed E-state index contributed by atoms with van der Waals surface area (Å²) in [5, 5.41) is 7.47. The van der Waals surface area contributed by atoms with E-state index >= 15 is 0 Å². The van der Waals surface area contributed by atoms with Crippen LogP contribution in [0.4, 0.5) is 0 Å². The van der Waals surface area contributed by atoms with Gasteiger partial charge in [-0.25, -0.2) is 0 Å². The lowest BCUT2D eigenvalue weighted by molar-refractivity contribution is 0.358. The molecule has 0 amide bonds. The van der Waals surface area contributed by atoms with E-state index in [9.17, 15) is 0 Å². The summed E-state index contributed by atoms with van der Waals surface area (Å²) in [5.41, 5.74) is 2.47. The summed E-state index contributed by atoms with van der Waals surface area (Å²) in [6.45, 7) is 7.40. The highest BCUT2D eigenvalue weighted by Gasteiger charge is 2.10. The van der Waals surface area contributed by atoms with Crippen molar-refractivity contribution in [2.75, 3.05) is 6.54 Å². The Bertz CT molecular complexity index is 519. The van der Waals surface area contributed by atoms with E-state index < -0.39 is 0 Å². The van der Waals surface area contributed by atoms with Crippen LogP contribution in [0.1, 0.15) is 43.1 Å². The molecule has 1 unspecified atom stereocenters. The van der Waals surface area contributed by atoms with E-state index in [0.717, 1.165) is 31.6 Å². The van der Waals surface area contributed by atoms with Gasteiger partial charge in [0, 0.05) is 18.9 Å². The van der Waals surface area contributed by atoms with Crippen LogP contribution >= 0.6 is 0 Å². The average Bonchev–Trinajstić information content (AvgIpc) is 2.86. The Hall–Kier alpha value is -1.68. The SMILES string of the molecule is CCCNC(C)Cc1nc(Cc2ccc(C)cc2)no1. The fourth-order valence-corrected chi connectivity index (χ4v) is 2.06. The summed E-state index contributed by atoms with van der Waals surface area (Å²) < 4.78 is 5.31. The highest BCUT2D eigenvalue weighted by molar-refractivity contribution is 5.23. The lowest BCUT2D eigenvalue weighted by Gasteiger charge is -2.09. The smallest absolute Gasteiger partial charge is 0.228 e. The molecule has 1 aromatic heterocycles. The fraction of sp³-hybridized carbons (Fsp3) is 0.500. The van der Waals surface area contributed by atoms with Gasteiger partial charge in [0.25, 0.3) is 0 Å². The second-order valence-electron chi connectivity index (χ2n) is 5.33. The zero-order valence-corrected chi connectivity index (χ0v) is 12.5. The zero-order chi connectivity index (χ0) is 14.4. The minimum absolute atomic E-state index is 0.364. The van der Waals surface area contributed by atoms with Crippen LogP contribution < -0.4 is 5.32 Å². The van der Waals surface area contributed by atoms with Crippen molar-refractivity contribution in [3.63, 3.8) is 0 Å². The first-order valence-electron chi connectivity index (χ1n) is 7.27. The Labute approximate surface area is 120 Å². The van der Waals surface area contributed by atoms with Crippen LogP contribution in [-0.2, 0) is 12.8 Å². The second-order valence-corrected chi connectivity index (χ2v) is 5.33. The topological polar surface area (TPSA) is 51.0 Å². The molecule has 20 heavy (non-hydrogen) atoms. The van der Waals surface area contributed by atoms with Crippen molar-refractivity contribution in [2.24, 2.45) is 0 Å². The maximum Gasteiger partial charge on any atom is 0.228 e. The number of nitrogens with one attached hydrogen (secondary N) is 1. The molecule has 2 rings (SSSR count). The van der Waals surface area contributed by atoms with Crippen LogP contribution in [0, 0.1) is 6.92 Å². The summed E-state index contributed by atoms with van der Waals surface area (Å²) >= 11 is 0. The monoisotopic (exact) mass is 273 g/mol. The van der Waals surface area contributed by atoms with Gasteiger partial charge in [-0.3, -0.25) is 0 Å². The minimum atomic E-state index is 0.364. The molecule has 0 spiro atoms. The van der Waals surface area contributed by atoms with Crippen LogP contribution in [0.2, 0.25) is 0 Å². The summed E-state index contributed by atoms with van der Waals surface area (Å²) in [6, 6.07) is 8.79. The molecule has 0 bridgehead atoms. The summed E-state index contributed by atoms with van der Waals surface area (Å²) in [7, 11) is 0.